The third-order valence-electron chi connectivity index (χ3n) is 6.81. The summed E-state index contributed by atoms with van der Waals surface area (Å²) in [5.41, 5.74) is -0.287. The molecule has 2 N–H and O–H groups in total. The van der Waals surface area contributed by atoms with E-state index in [-0.39, 0.29) is 33.9 Å². The van der Waals surface area contributed by atoms with Gasteiger partial charge in [-0.3, -0.25) is 4.79 Å². The first-order chi connectivity index (χ1) is 19.1. The molecule has 0 aliphatic carbocycles. The summed E-state index contributed by atoms with van der Waals surface area (Å²) >= 11 is 6.34. The average molecular weight is 577 g/mol. The number of nitrogens with zero attached hydrogens (tertiary/aromatic N) is 4. The van der Waals surface area contributed by atoms with Crippen molar-refractivity contribution in [3.8, 4) is 17.4 Å². The van der Waals surface area contributed by atoms with Gasteiger partial charge in [0.2, 0.25) is 5.75 Å². The van der Waals surface area contributed by atoms with Gasteiger partial charge >= 0.3 is 6.18 Å². The van der Waals surface area contributed by atoms with Crippen LogP contribution in [0, 0.1) is 0 Å². The molecule has 1 saturated heterocycles. The first-order valence-electron chi connectivity index (χ1n) is 12.8. The first kappa shape index (κ1) is 27.8. The normalized spacial score (nSPS) is 17.4. The Kier molecular flexibility index (Phi) is 7.90. The maximum atomic E-state index is 13.7. The maximum Gasteiger partial charge on any atom is 0.416 e. The van der Waals surface area contributed by atoms with E-state index in [1.165, 1.54) is 24.5 Å². The molecular weight excluding hydrogens is 549 g/mol. The van der Waals surface area contributed by atoms with Gasteiger partial charge in [-0.05, 0) is 49.9 Å². The number of aromatic nitrogens is 2. The van der Waals surface area contributed by atoms with E-state index >= 15 is 0 Å². The number of hydrogen-bond donors (Lipinski definition) is 2. The molecule has 13 heteroatoms. The summed E-state index contributed by atoms with van der Waals surface area (Å²) in [6.45, 7) is 5.02. The summed E-state index contributed by atoms with van der Waals surface area (Å²) in [7, 11) is 1.96. The number of likely N-dealkylation sites (N-methyl/N-ethyl adjacent to an activating group) is 1. The van der Waals surface area contributed by atoms with Crippen LogP contribution in [0.15, 0.2) is 42.7 Å². The number of piperazine rings is 1. The van der Waals surface area contributed by atoms with E-state index in [4.69, 9.17) is 21.1 Å². The highest BCUT2D eigenvalue weighted by Gasteiger charge is 2.32. The minimum absolute atomic E-state index is 0.0287. The monoisotopic (exact) mass is 576 g/mol. The predicted molar refractivity (Wildman–Crippen MR) is 146 cm³/mol. The van der Waals surface area contributed by atoms with Gasteiger partial charge in [0.1, 0.15) is 18.7 Å². The minimum Gasteiger partial charge on any atom is -0.483 e. The molecule has 1 atom stereocenters. The molecule has 0 bridgehead atoms. The van der Waals surface area contributed by atoms with Gasteiger partial charge < -0.3 is 29.9 Å². The van der Waals surface area contributed by atoms with Gasteiger partial charge in [-0.25, -0.2) is 4.98 Å². The Morgan fingerprint density at radius 2 is 1.95 bits per heavy atom. The van der Waals surface area contributed by atoms with E-state index in [1.54, 1.807) is 6.07 Å². The summed E-state index contributed by atoms with van der Waals surface area (Å²) in [5, 5.41) is 6.05. The second-order valence-corrected chi connectivity index (χ2v) is 10.1. The minimum atomic E-state index is -4.58. The molecule has 1 aromatic heterocycles. The highest BCUT2D eigenvalue weighted by Crippen LogP contribution is 2.40. The fourth-order valence-corrected chi connectivity index (χ4v) is 4.58. The number of anilines is 3. The summed E-state index contributed by atoms with van der Waals surface area (Å²) in [6, 6.07) is 7.99. The molecular formula is C27H28ClF3N6O3. The number of nitrogens with one attached hydrogen (secondary N) is 2. The standard InChI is InChI=1S/C27H28ClF3N6O3/c1-3-18-14-39-23-24(34-18)32-15-33-26(23)40-22-10-16(4-5-21(22)28)25(38)35-19-11-17(27(29,30)31)12-20(13-19)37-8-6-36(2)7-9-37/h4-5,10-13,15,18H,3,6-9,14H2,1-2H3,(H,35,38)(H,32,33,34)/t18-/m0/s1. The molecule has 212 valence electrons. The summed E-state index contributed by atoms with van der Waals surface area (Å²) < 4.78 is 52.8. The number of fused-ring (bicyclic) bond motifs is 1. The van der Waals surface area contributed by atoms with Gasteiger partial charge in [0, 0.05) is 43.1 Å². The zero-order valence-corrected chi connectivity index (χ0v) is 22.6. The quantitative estimate of drug-likeness (QED) is 0.396. The van der Waals surface area contributed by atoms with Crippen LogP contribution in [0.5, 0.6) is 17.4 Å². The molecule has 2 aromatic carbocycles. The van der Waals surface area contributed by atoms with Crippen molar-refractivity contribution in [2.75, 3.05) is 55.4 Å². The number of rotatable bonds is 6. The van der Waals surface area contributed by atoms with E-state index in [0.29, 0.717) is 37.0 Å². The summed E-state index contributed by atoms with van der Waals surface area (Å²) in [6.07, 6.45) is -2.42. The number of alkyl halides is 3. The SMILES string of the molecule is CC[C@H]1COc2c(ncnc2Oc2cc(C(=O)Nc3cc(N4CCN(C)CC4)cc(C(F)(F)F)c3)ccc2Cl)N1. The molecule has 3 heterocycles. The van der Waals surface area contributed by atoms with Crippen molar-refractivity contribution in [1.29, 1.82) is 0 Å². The van der Waals surface area contributed by atoms with Crippen LogP contribution in [0.4, 0.5) is 30.4 Å². The van der Waals surface area contributed by atoms with E-state index < -0.39 is 17.6 Å². The zero-order valence-electron chi connectivity index (χ0n) is 21.9. The smallest absolute Gasteiger partial charge is 0.416 e. The first-order valence-corrected chi connectivity index (χ1v) is 13.2. The molecule has 3 aromatic rings. The largest absolute Gasteiger partial charge is 0.483 e. The van der Waals surface area contributed by atoms with Crippen LogP contribution >= 0.6 is 11.6 Å². The van der Waals surface area contributed by atoms with Crippen molar-refractivity contribution in [3.63, 3.8) is 0 Å². The van der Waals surface area contributed by atoms with Crippen LogP contribution in [-0.4, -0.2) is 66.7 Å². The molecule has 2 aliphatic heterocycles. The fraction of sp³-hybridized carbons (Fsp3) is 0.370. The van der Waals surface area contributed by atoms with Crippen molar-refractivity contribution in [2.45, 2.75) is 25.6 Å². The molecule has 0 unspecified atom stereocenters. The molecule has 2 aliphatic rings. The second-order valence-electron chi connectivity index (χ2n) is 9.68. The number of halogens is 4. The van der Waals surface area contributed by atoms with Crippen LogP contribution in [0.2, 0.25) is 5.02 Å². The summed E-state index contributed by atoms with van der Waals surface area (Å²) in [4.78, 5) is 25.5. The molecule has 1 fully saturated rings. The average Bonchev–Trinajstić information content (AvgIpc) is 2.93. The van der Waals surface area contributed by atoms with E-state index in [9.17, 15) is 18.0 Å². The number of ether oxygens (including phenoxy) is 2. The topological polar surface area (TPSA) is 91.8 Å². The molecule has 0 spiro atoms. The van der Waals surface area contributed by atoms with Gasteiger partial charge in [-0.15, -0.1) is 0 Å². The van der Waals surface area contributed by atoms with E-state index in [0.717, 1.165) is 31.6 Å². The lowest BCUT2D eigenvalue weighted by Crippen LogP contribution is -2.44. The van der Waals surface area contributed by atoms with Crippen molar-refractivity contribution >= 4 is 34.7 Å². The van der Waals surface area contributed by atoms with Gasteiger partial charge in [-0.2, -0.15) is 18.2 Å². The van der Waals surface area contributed by atoms with E-state index in [2.05, 4.69) is 25.5 Å². The third kappa shape index (κ3) is 6.18. The fourth-order valence-electron chi connectivity index (χ4n) is 4.43. The number of hydrogen-bond acceptors (Lipinski definition) is 8. The van der Waals surface area contributed by atoms with Crippen molar-refractivity contribution in [1.82, 2.24) is 14.9 Å². The Bertz CT molecular complexity index is 1400. The Morgan fingerprint density at radius 3 is 2.67 bits per heavy atom. The van der Waals surface area contributed by atoms with Crippen molar-refractivity contribution in [2.24, 2.45) is 0 Å². The molecule has 0 saturated carbocycles. The van der Waals surface area contributed by atoms with Gasteiger partial charge in [0.15, 0.2) is 5.82 Å². The van der Waals surface area contributed by atoms with Crippen LogP contribution in [-0.2, 0) is 6.18 Å². The highest BCUT2D eigenvalue weighted by atomic mass is 35.5. The maximum absolute atomic E-state index is 13.7. The van der Waals surface area contributed by atoms with Gasteiger partial charge in [-0.1, -0.05) is 18.5 Å². The predicted octanol–water partition coefficient (Wildman–Crippen LogP) is 5.53. The van der Waals surface area contributed by atoms with Crippen LogP contribution in [0.25, 0.3) is 0 Å². The van der Waals surface area contributed by atoms with Crippen molar-refractivity contribution < 1.29 is 27.4 Å². The number of carbonyl (C=O) groups excluding carboxylic acids is 1. The Labute approximate surface area is 234 Å². The molecule has 5 rings (SSSR count). The number of amides is 1. The molecule has 9 nitrogen and oxygen atoms in total. The van der Waals surface area contributed by atoms with Crippen LogP contribution in [0.3, 0.4) is 0 Å². The summed E-state index contributed by atoms with van der Waals surface area (Å²) in [5.74, 6) is 0.408. The molecule has 0 radical (unpaired) electrons. The Hall–Kier alpha value is -3.77. The molecule has 40 heavy (non-hydrogen) atoms. The van der Waals surface area contributed by atoms with Gasteiger partial charge in [0.25, 0.3) is 11.8 Å². The van der Waals surface area contributed by atoms with Crippen molar-refractivity contribution in [3.05, 3.63) is 58.9 Å². The Balaban J connectivity index is 1.38. The number of benzene rings is 2. The number of carbonyl (C=O) groups is 1. The zero-order chi connectivity index (χ0) is 28.4. The second kappa shape index (κ2) is 11.4. The highest BCUT2D eigenvalue weighted by molar-refractivity contribution is 6.32. The Morgan fingerprint density at radius 1 is 1.18 bits per heavy atom. The third-order valence-corrected chi connectivity index (χ3v) is 7.12. The van der Waals surface area contributed by atoms with Crippen LogP contribution in [0.1, 0.15) is 29.3 Å². The van der Waals surface area contributed by atoms with Gasteiger partial charge in [0.05, 0.1) is 16.6 Å². The lowest BCUT2D eigenvalue weighted by atomic mass is 10.1. The lowest BCUT2D eigenvalue weighted by molar-refractivity contribution is -0.137. The molecule has 1 amide bonds. The van der Waals surface area contributed by atoms with Crippen LogP contribution < -0.4 is 25.0 Å². The van der Waals surface area contributed by atoms with E-state index in [1.807, 2.05) is 18.9 Å². The lowest BCUT2D eigenvalue weighted by Gasteiger charge is -2.34.